The molecule has 1 heterocycles. The highest BCUT2D eigenvalue weighted by Crippen LogP contribution is 2.27. The third-order valence-electron chi connectivity index (χ3n) is 2.53. The number of nitro groups is 1. The van der Waals surface area contributed by atoms with Crippen molar-refractivity contribution in [2.24, 2.45) is 0 Å². The van der Waals surface area contributed by atoms with E-state index in [-0.39, 0.29) is 17.3 Å². The first-order valence-electron chi connectivity index (χ1n) is 5.78. The number of nitro benzene ring substituents is 1. The van der Waals surface area contributed by atoms with Crippen molar-refractivity contribution in [1.29, 1.82) is 0 Å². The normalized spacial score (nSPS) is 10.5. The fourth-order valence-electron chi connectivity index (χ4n) is 1.59. The Balaban J connectivity index is 1.99. The standard InChI is InChI=1S/C11H12ClN5O3/c12-10-5-8(1-2-11(10)17(19)20)13-6-9-7-16(3-4-18)15-14-9/h1-2,5,7,13,18H,3-4,6H2. The summed E-state index contributed by atoms with van der Waals surface area (Å²) in [4.78, 5) is 10.1. The highest BCUT2D eigenvalue weighted by molar-refractivity contribution is 6.32. The second-order valence-electron chi connectivity index (χ2n) is 3.97. The minimum atomic E-state index is -0.535. The Bertz CT molecular complexity index is 616. The molecule has 0 radical (unpaired) electrons. The molecule has 0 atom stereocenters. The Morgan fingerprint density at radius 2 is 2.30 bits per heavy atom. The van der Waals surface area contributed by atoms with Gasteiger partial charge >= 0.3 is 0 Å². The minimum Gasteiger partial charge on any atom is -0.394 e. The second-order valence-corrected chi connectivity index (χ2v) is 4.38. The number of aliphatic hydroxyl groups excluding tert-OH is 1. The average molecular weight is 298 g/mol. The SMILES string of the molecule is O=[N+]([O-])c1ccc(NCc2cn(CCO)nn2)cc1Cl. The zero-order valence-corrected chi connectivity index (χ0v) is 11.1. The van der Waals surface area contributed by atoms with Crippen LogP contribution in [0.2, 0.25) is 5.02 Å². The van der Waals surface area contributed by atoms with Crippen LogP contribution in [-0.2, 0) is 13.1 Å². The van der Waals surface area contributed by atoms with Crippen LogP contribution < -0.4 is 5.32 Å². The van der Waals surface area contributed by atoms with Gasteiger partial charge in [-0.05, 0) is 12.1 Å². The number of anilines is 1. The molecular weight excluding hydrogens is 286 g/mol. The van der Waals surface area contributed by atoms with E-state index in [2.05, 4.69) is 15.6 Å². The first-order valence-corrected chi connectivity index (χ1v) is 6.15. The Kier molecular flexibility index (Phi) is 4.49. The van der Waals surface area contributed by atoms with Crippen LogP contribution in [0, 0.1) is 10.1 Å². The van der Waals surface area contributed by atoms with Crippen molar-refractivity contribution in [1.82, 2.24) is 15.0 Å². The molecule has 0 saturated carbocycles. The van der Waals surface area contributed by atoms with E-state index in [1.165, 1.54) is 16.8 Å². The zero-order valence-electron chi connectivity index (χ0n) is 10.4. The molecule has 0 bridgehead atoms. The summed E-state index contributed by atoms with van der Waals surface area (Å²) in [6, 6.07) is 4.40. The van der Waals surface area contributed by atoms with Gasteiger partial charge in [-0.2, -0.15) is 0 Å². The largest absolute Gasteiger partial charge is 0.394 e. The molecule has 2 N–H and O–H groups in total. The van der Waals surface area contributed by atoms with Gasteiger partial charge in [-0.15, -0.1) is 5.10 Å². The van der Waals surface area contributed by atoms with Crippen LogP contribution in [-0.4, -0.2) is 31.6 Å². The van der Waals surface area contributed by atoms with Crippen molar-refractivity contribution in [2.75, 3.05) is 11.9 Å². The molecule has 0 aliphatic carbocycles. The molecule has 1 aromatic carbocycles. The number of nitrogens with one attached hydrogen (secondary N) is 1. The third-order valence-corrected chi connectivity index (χ3v) is 2.84. The number of benzene rings is 1. The van der Waals surface area contributed by atoms with E-state index in [0.717, 1.165) is 0 Å². The van der Waals surface area contributed by atoms with E-state index in [0.29, 0.717) is 24.5 Å². The molecule has 0 aliphatic heterocycles. The van der Waals surface area contributed by atoms with Crippen LogP contribution in [0.4, 0.5) is 11.4 Å². The van der Waals surface area contributed by atoms with Gasteiger partial charge in [0.05, 0.1) is 30.8 Å². The molecule has 20 heavy (non-hydrogen) atoms. The fraction of sp³-hybridized carbons (Fsp3) is 0.273. The van der Waals surface area contributed by atoms with Crippen molar-refractivity contribution < 1.29 is 10.0 Å². The maximum atomic E-state index is 10.6. The Morgan fingerprint density at radius 1 is 1.50 bits per heavy atom. The van der Waals surface area contributed by atoms with E-state index in [4.69, 9.17) is 16.7 Å². The summed E-state index contributed by atoms with van der Waals surface area (Å²) >= 11 is 5.81. The number of aliphatic hydroxyl groups is 1. The average Bonchev–Trinajstić information content (AvgIpc) is 2.84. The number of nitrogens with zero attached hydrogens (tertiary/aromatic N) is 4. The second kappa shape index (κ2) is 6.31. The van der Waals surface area contributed by atoms with E-state index in [9.17, 15) is 10.1 Å². The lowest BCUT2D eigenvalue weighted by atomic mass is 10.3. The van der Waals surface area contributed by atoms with Crippen LogP contribution in [0.5, 0.6) is 0 Å². The lowest BCUT2D eigenvalue weighted by Gasteiger charge is -2.04. The minimum absolute atomic E-state index is 0.00576. The molecule has 0 aliphatic rings. The summed E-state index contributed by atoms with van der Waals surface area (Å²) in [5.41, 5.74) is 1.20. The first-order chi connectivity index (χ1) is 9.60. The summed E-state index contributed by atoms with van der Waals surface area (Å²) in [7, 11) is 0. The van der Waals surface area contributed by atoms with Gasteiger partial charge in [0, 0.05) is 11.8 Å². The van der Waals surface area contributed by atoms with Crippen molar-refractivity contribution in [3.05, 3.63) is 45.2 Å². The zero-order chi connectivity index (χ0) is 14.5. The van der Waals surface area contributed by atoms with Crippen LogP contribution >= 0.6 is 11.6 Å². The maximum Gasteiger partial charge on any atom is 0.288 e. The van der Waals surface area contributed by atoms with Crippen LogP contribution in [0.3, 0.4) is 0 Å². The van der Waals surface area contributed by atoms with Gasteiger partial charge in [0.15, 0.2) is 0 Å². The summed E-state index contributed by atoms with van der Waals surface area (Å²) in [6.07, 6.45) is 1.70. The Hall–Kier alpha value is -2.19. The lowest BCUT2D eigenvalue weighted by molar-refractivity contribution is -0.384. The quantitative estimate of drug-likeness (QED) is 0.617. The summed E-state index contributed by atoms with van der Waals surface area (Å²) in [5.74, 6) is 0. The van der Waals surface area contributed by atoms with Gasteiger partial charge < -0.3 is 10.4 Å². The predicted octanol–water partition coefficient (Wildman–Crippen LogP) is 1.44. The van der Waals surface area contributed by atoms with Crippen LogP contribution in [0.25, 0.3) is 0 Å². The number of hydrogen-bond donors (Lipinski definition) is 2. The fourth-order valence-corrected chi connectivity index (χ4v) is 1.84. The number of halogens is 1. The van der Waals surface area contributed by atoms with E-state index < -0.39 is 4.92 Å². The van der Waals surface area contributed by atoms with Crippen LogP contribution in [0.1, 0.15) is 5.69 Å². The van der Waals surface area contributed by atoms with Gasteiger partial charge in [0.25, 0.3) is 5.69 Å². The molecular formula is C11H12ClN5O3. The van der Waals surface area contributed by atoms with E-state index in [1.54, 1.807) is 12.3 Å². The predicted molar refractivity (Wildman–Crippen MR) is 72.5 cm³/mol. The number of rotatable bonds is 6. The first kappa shape index (κ1) is 14.2. The molecule has 2 rings (SSSR count). The maximum absolute atomic E-state index is 10.6. The molecule has 0 amide bonds. The molecule has 2 aromatic rings. The smallest absolute Gasteiger partial charge is 0.288 e. The van der Waals surface area contributed by atoms with Crippen LogP contribution in [0.15, 0.2) is 24.4 Å². The molecule has 0 fully saturated rings. The highest BCUT2D eigenvalue weighted by atomic mass is 35.5. The van der Waals surface area contributed by atoms with Crippen molar-refractivity contribution in [2.45, 2.75) is 13.1 Å². The van der Waals surface area contributed by atoms with Gasteiger partial charge in [0.1, 0.15) is 10.7 Å². The van der Waals surface area contributed by atoms with Gasteiger partial charge in [-0.1, -0.05) is 16.8 Å². The van der Waals surface area contributed by atoms with Crippen molar-refractivity contribution >= 4 is 23.0 Å². The summed E-state index contributed by atoms with van der Waals surface area (Å²) in [6.45, 7) is 0.782. The summed E-state index contributed by atoms with van der Waals surface area (Å²) < 4.78 is 1.53. The van der Waals surface area contributed by atoms with Gasteiger partial charge in [-0.25, -0.2) is 4.68 Å². The molecule has 0 spiro atoms. The molecule has 106 valence electrons. The van der Waals surface area contributed by atoms with Gasteiger partial charge in [0.2, 0.25) is 0 Å². The Labute approximate surface area is 119 Å². The van der Waals surface area contributed by atoms with Crippen molar-refractivity contribution in [3.8, 4) is 0 Å². The highest BCUT2D eigenvalue weighted by Gasteiger charge is 2.12. The summed E-state index contributed by atoms with van der Waals surface area (Å²) in [5, 5.41) is 30.3. The molecule has 9 heteroatoms. The monoisotopic (exact) mass is 297 g/mol. The third kappa shape index (κ3) is 3.43. The number of hydrogen-bond acceptors (Lipinski definition) is 6. The molecule has 0 saturated heterocycles. The Morgan fingerprint density at radius 3 is 2.95 bits per heavy atom. The van der Waals surface area contributed by atoms with E-state index in [1.807, 2.05) is 0 Å². The molecule has 0 unspecified atom stereocenters. The molecule has 1 aromatic heterocycles. The topological polar surface area (TPSA) is 106 Å². The lowest BCUT2D eigenvalue weighted by Crippen LogP contribution is -2.02. The van der Waals surface area contributed by atoms with Gasteiger partial charge in [-0.3, -0.25) is 10.1 Å². The van der Waals surface area contributed by atoms with E-state index >= 15 is 0 Å². The van der Waals surface area contributed by atoms with Crippen molar-refractivity contribution in [3.63, 3.8) is 0 Å². The molecule has 8 nitrogen and oxygen atoms in total. The number of aromatic nitrogens is 3.